The quantitative estimate of drug-likeness (QED) is 0.917. The average molecular weight is 294 g/mol. The molecule has 1 saturated heterocycles. The lowest BCUT2D eigenvalue weighted by Gasteiger charge is -2.25. The van der Waals surface area contributed by atoms with Gasteiger partial charge < -0.3 is 10.2 Å². The molecule has 21 heavy (non-hydrogen) atoms. The van der Waals surface area contributed by atoms with Crippen molar-refractivity contribution in [2.45, 2.75) is 31.8 Å². The standard InChI is InChI=1S/C15H16F2N2O2/c16-11-2-1-9(13(17)6-11)8-19(12-3-4-12)15(21)10-5-14(20)18-7-10/h1-2,6,10,12H,3-5,7-8H2,(H,18,20). The Morgan fingerprint density at radius 3 is 2.67 bits per heavy atom. The number of amides is 2. The molecule has 4 nitrogen and oxygen atoms in total. The predicted molar refractivity (Wildman–Crippen MR) is 71.0 cm³/mol. The van der Waals surface area contributed by atoms with Gasteiger partial charge in [-0.25, -0.2) is 8.78 Å². The van der Waals surface area contributed by atoms with E-state index in [1.54, 1.807) is 4.90 Å². The average Bonchev–Trinajstić information content (AvgIpc) is 3.18. The number of carbonyl (C=O) groups is 2. The minimum absolute atomic E-state index is 0.109. The van der Waals surface area contributed by atoms with Gasteiger partial charge in [0.25, 0.3) is 0 Å². The molecule has 0 bridgehead atoms. The maximum Gasteiger partial charge on any atom is 0.228 e. The molecule has 2 fully saturated rings. The van der Waals surface area contributed by atoms with Gasteiger partial charge in [-0.15, -0.1) is 0 Å². The van der Waals surface area contributed by atoms with Crippen molar-refractivity contribution in [2.24, 2.45) is 5.92 Å². The second-order valence-corrected chi connectivity index (χ2v) is 5.64. The van der Waals surface area contributed by atoms with E-state index in [0.717, 1.165) is 18.9 Å². The van der Waals surface area contributed by atoms with Crippen LogP contribution in [-0.2, 0) is 16.1 Å². The third kappa shape index (κ3) is 3.04. The normalized spacial score (nSPS) is 21.2. The first-order valence-electron chi connectivity index (χ1n) is 7.05. The van der Waals surface area contributed by atoms with Gasteiger partial charge in [-0.1, -0.05) is 6.07 Å². The molecule has 1 aliphatic carbocycles. The monoisotopic (exact) mass is 294 g/mol. The molecule has 0 spiro atoms. The van der Waals surface area contributed by atoms with Gasteiger partial charge in [0.05, 0.1) is 5.92 Å². The summed E-state index contributed by atoms with van der Waals surface area (Å²) in [4.78, 5) is 25.4. The fraction of sp³-hybridized carbons (Fsp3) is 0.467. The van der Waals surface area contributed by atoms with Crippen molar-refractivity contribution in [3.05, 3.63) is 35.4 Å². The summed E-state index contributed by atoms with van der Waals surface area (Å²) < 4.78 is 26.7. The van der Waals surface area contributed by atoms with Crippen molar-refractivity contribution in [3.8, 4) is 0 Å². The molecule has 1 aromatic carbocycles. The van der Waals surface area contributed by atoms with Crippen LogP contribution in [-0.4, -0.2) is 29.3 Å². The summed E-state index contributed by atoms with van der Waals surface area (Å²) >= 11 is 0. The lowest BCUT2D eigenvalue weighted by atomic mass is 10.1. The van der Waals surface area contributed by atoms with E-state index >= 15 is 0 Å². The van der Waals surface area contributed by atoms with Crippen LogP contribution in [0.4, 0.5) is 8.78 Å². The van der Waals surface area contributed by atoms with Gasteiger partial charge >= 0.3 is 0 Å². The zero-order valence-corrected chi connectivity index (χ0v) is 11.4. The van der Waals surface area contributed by atoms with Gasteiger partial charge in [-0.05, 0) is 18.9 Å². The number of hydrogen-bond donors (Lipinski definition) is 1. The van der Waals surface area contributed by atoms with Gasteiger partial charge in [0, 0.05) is 37.2 Å². The van der Waals surface area contributed by atoms with Gasteiger partial charge in [0.2, 0.25) is 11.8 Å². The molecule has 3 rings (SSSR count). The number of halogens is 2. The lowest BCUT2D eigenvalue weighted by Crippen LogP contribution is -2.38. The van der Waals surface area contributed by atoms with Crippen LogP contribution in [0.1, 0.15) is 24.8 Å². The van der Waals surface area contributed by atoms with Crippen molar-refractivity contribution in [2.75, 3.05) is 6.54 Å². The van der Waals surface area contributed by atoms with Crippen molar-refractivity contribution < 1.29 is 18.4 Å². The van der Waals surface area contributed by atoms with E-state index in [2.05, 4.69) is 5.32 Å². The van der Waals surface area contributed by atoms with E-state index in [-0.39, 0.29) is 36.7 Å². The summed E-state index contributed by atoms with van der Waals surface area (Å²) in [5.41, 5.74) is 0.300. The van der Waals surface area contributed by atoms with Crippen LogP contribution in [0, 0.1) is 17.6 Å². The highest BCUT2D eigenvalue weighted by Crippen LogP contribution is 2.31. The highest BCUT2D eigenvalue weighted by molar-refractivity contribution is 5.89. The summed E-state index contributed by atoms with van der Waals surface area (Å²) in [6.07, 6.45) is 1.97. The fourth-order valence-corrected chi connectivity index (χ4v) is 2.62. The van der Waals surface area contributed by atoms with Crippen LogP contribution in [0.15, 0.2) is 18.2 Å². The van der Waals surface area contributed by atoms with E-state index in [9.17, 15) is 18.4 Å². The first kappa shape index (κ1) is 14.0. The molecule has 1 heterocycles. The Balaban J connectivity index is 1.75. The molecule has 2 aliphatic rings. The van der Waals surface area contributed by atoms with E-state index in [1.807, 2.05) is 0 Å². The lowest BCUT2D eigenvalue weighted by molar-refractivity contribution is -0.137. The first-order valence-corrected chi connectivity index (χ1v) is 7.05. The molecule has 1 saturated carbocycles. The number of nitrogens with zero attached hydrogens (tertiary/aromatic N) is 1. The third-order valence-corrected chi connectivity index (χ3v) is 3.95. The number of carbonyl (C=O) groups excluding carboxylic acids is 2. The molecule has 112 valence electrons. The van der Waals surface area contributed by atoms with Gasteiger partial charge in [-0.2, -0.15) is 0 Å². The molecule has 1 atom stereocenters. The van der Waals surface area contributed by atoms with Crippen molar-refractivity contribution in [3.63, 3.8) is 0 Å². The van der Waals surface area contributed by atoms with Crippen LogP contribution < -0.4 is 5.32 Å². The SMILES string of the molecule is O=C1CC(C(=O)N(Cc2ccc(F)cc2F)C2CC2)CN1. The molecule has 1 unspecified atom stereocenters. The molecular weight excluding hydrogens is 278 g/mol. The first-order chi connectivity index (χ1) is 10.0. The zero-order chi connectivity index (χ0) is 15.0. The number of hydrogen-bond acceptors (Lipinski definition) is 2. The van der Waals surface area contributed by atoms with Gasteiger partial charge in [0.15, 0.2) is 0 Å². The molecule has 6 heteroatoms. The largest absolute Gasteiger partial charge is 0.355 e. The zero-order valence-electron chi connectivity index (χ0n) is 11.4. The highest BCUT2D eigenvalue weighted by atomic mass is 19.1. The minimum atomic E-state index is -0.644. The Kier molecular flexibility index (Phi) is 3.61. The summed E-state index contributed by atoms with van der Waals surface area (Å²) in [6, 6.07) is 3.49. The third-order valence-electron chi connectivity index (χ3n) is 3.95. The van der Waals surface area contributed by atoms with Gasteiger partial charge in [-0.3, -0.25) is 9.59 Å². The Hall–Kier alpha value is -1.98. The summed E-state index contributed by atoms with van der Waals surface area (Å²) in [5, 5.41) is 2.64. The van der Waals surface area contributed by atoms with Crippen LogP contribution in [0.5, 0.6) is 0 Å². The van der Waals surface area contributed by atoms with Gasteiger partial charge in [0.1, 0.15) is 11.6 Å². The Morgan fingerprint density at radius 1 is 1.33 bits per heavy atom. The number of rotatable bonds is 4. The molecule has 1 aliphatic heterocycles. The Morgan fingerprint density at radius 2 is 2.10 bits per heavy atom. The predicted octanol–water partition coefficient (Wildman–Crippen LogP) is 1.59. The Labute approximate surface area is 121 Å². The molecule has 0 radical (unpaired) electrons. The maximum atomic E-state index is 13.8. The second kappa shape index (κ2) is 5.42. The van der Waals surface area contributed by atoms with E-state index in [0.29, 0.717) is 12.1 Å². The van der Waals surface area contributed by atoms with Crippen LogP contribution in [0.25, 0.3) is 0 Å². The van der Waals surface area contributed by atoms with Crippen molar-refractivity contribution >= 4 is 11.8 Å². The van der Waals surface area contributed by atoms with E-state index in [4.69, 9.17) is 0 Å². The molecule has 2 amide bonds. The van der Waals surface area contributed by atoms with Crippen LogP contribution in [0.2, 0.25) is 0 Å². The van der Waals surface area contributed by atoms with Crippen molar-refractivity contribution in [1.29, 1.82) is 0 Å². The van der Waals surface area contributed by atoms with Crippen molar-refractivity contribution in [1.82, 2.24) is 10.2 Å². The maximum absolute atomic E-state index is 13.8. The smallest absolute Gasteiger partial charge is 0.228 e. The molecule has 1 aromatic rings. The van der Waals surface area contributed by atoms with E-state index < -0.39 is 11.6 Å². The second-order valence-electron chi connectivity index (χ2n) is 5.64. The molecule has 1 N–H and O–H groups in total. The number of nitrogens with one attached hydrogen (secondary N) is 1. The minimum Gasteiger partial charge on any atom is -0.355 e. The summed E-state index contributed by atoms with van der Waals surface area (Å²) in [7, 11) is 0. The van der Waals surface area contributed by atoms with E-state index in [1.165, 1.54) is 12.1 Å². The Bertz CT molecular complexity index is 587. The fourth-order valence-electron chi connectivity index (χ4n) is 2.62. The number of benzene rings is 1. The summed E-state index contributed by atoms with van der Waals surface area (Å²) in [6.45, 7) is 0.465. The van der Waals surface area contributed by atoms with Crippen LogP contribution >= 0.6 is 0 Å². The molecule has 0 aromatic heterocycles. The highest BCUT2D eigenvalue weighted by Gasteiger charge is 2.38. The topological polar surface area (TPSA) is 49.4 Å². The molecular formula is C15H16F2N2O2. The summed E-state index contributed by atoms with van der Waals surface area (Å²) in [5.74, 6) is -1.90. The van der Waals surface area contributed by atoms with Crippen LogP contribution in [0.3, 0.4) is 0 Å².